The average Bonchev–Trinajstić information content (AvgIpc) is 2.95. The van der Waals surface area contributed by atoms with Crippen LogP contribution in [0.1, 0.15) is 24.3 Å². The zero-order chi connectivity index (χ0) is 15.7. The smallest absolute Gasteiger partial charge is 0.274 e. The van der Waals surface area contributed by atoms with E-state index in [9.17, 15) is 4.79 Å². The van der Waals surface area contributed by atoms with Crippen LogP contribution in [0.3, 0.4) is 0 Å². The topological polar surface area (TPSA) is 47.4 Å². The molecule has 1 aromatic carbocycles. The van der Waals surface area contributed by atoms with Gasteiger partial charge in [-0.2, -0.15) is 5.10 Å². The molecular weight excluding hydrogens is 302 g/mol. The second-order valence-electron chi connectivity index (χ2n) is 5.56. The monoisotopic (exact) mass is 319 g/mol. The minimum absolute atomic E-state index is 0.0401. The number of rotatable bonds is 2. The first kappa shape index (κ1) is 15.1. The van der Waals surface area contributed by atoms with Crippen LogP contribution in [0.4, 0.5) is 0 Å². The number of hydrogen-bond acceptors (Lipinski definition) is 3. The Morgan fingerprint density at radius 2 is 1.91 bits per heavy atom. The molecule has 1 fully saturated rings. The molecule has 0 unspecified atom stereocenters. The third kappa shape index (κ3) is 3.00. The molecule has 1 amide bonds. The quantitative estimate of drug-likeness (QED) is 0.855. The van der Waals surface area contributed by atoms with Crippen molar-refractivity contribution in [2.24, 2.45) is 0 Å². The van der Waals surface area contributed by atoms with Crippen LogP contribution in [-0.4, -0.2) is 45.9 Å². The minimum Gasteiger partial charge on any atom is -0.372 e. The van der Waals surface area contributed by atoms with Crippen LogP contribution in [-0.2, 0) is 4.74 Å². The van der Waals surface area contributed by atoms with Gasteiger partial charge in [-0.15, -0.1) is 0 Å². The standard InChI is InChI=1S/C16H18ClN3O2/c1-11-9-19(10-12(2)22-11)16(21)14-7-8-20(18-14)15-6-4-3-5-13(15)17/h3-8,11-12H,9-10H2,1-2H3/t11-,12-/m0/s1. The van der Waals surface area contributed by atoms with E-state index in [0.717, 1.165) is 5.69 Å². The third-order valence-electron chi connectivity index (χ3n) is 3.61. The summed E-state index contributed by atoms with van der Waals surface area (Å²) in [5.41, 5.74) is 1.17. The fourth-order valence-electron chi connectivity index (χ4n) is 2.72. The van der Waals surface area contributed by atoms with E-state index < -0.39 is 0 Å². The second kappa shape index (κ2) is 6.10. The SMILES string of the molecule is C[C@H]1CN(C(=O)c2ccn(-c3ccccc3Cl)n2)C[C@H](C)O1. The first-order valence-electron chi connectivity index (χ1n) is 7.30. The zero-order valence-corrected chi connectivity index (χ0v) is 13.3. The van der Waals surface area contributed by atoms with Gasteiger partial charge in [-0.1, -0.05) is 23.7 Å². The lowest BCUT2D eigenvalue weighted by Gasteiger charge is -2.34. The van der Waals surface area contributed by atoms with Crippen molar-refractivity contribution in [1.29, 1.82) is 0 Å². The van der Waals surface area contributed by atoms with Gasteiger partial charge in [-0.05, 0) is 32.0 Å². The number of aromatic nitrogens is 2. The van der Waals surface area contributed by atoms with Crippen molar-refractivity contribution >= 4 is 17.5 Å². The fourth-order valence-corrected chi connectivity index (χ4v) is 2.94. The molecule has 2 atom stereocenters. The Kier molecular flexibility index (Phi) is 4.18. The predicted molar refractivity (Wildman–Crippen MR) is 84.5 cm³/mol. The molecule has 0 saturated carbocycles. The van der Waals surface area contributed by atoms with Crippen LogP contribution in [0.5, 0.6) is 0 Å². The van der Waals surface area contributed by atoms with E-state index in [4.69, 9.17) is 16.3 Å². The van der Waals surface area contributed by atoms with E-state index in [1.807, 2.05) is 32.0 Å². The summed E-state index contributed by atoms with van der Waals surface area (Å²) >= 11 is 6.16. The molecule has 6 heteroatoms. The molecule has 0 N–H and O–H groups in total. The molecule has 0 bridgehead atoms. The predicted octanol–water partition coefficient (Wildman–Crippen LogP) is 2.78. The van der Waals surface area contributed by atoms with Crippen molar-refractivity contribution in [3.05, 3.63) is 47.2 Å². The fraction of sp³-hybridized carbons (Fsp3) is 0.375. The summed E-state index contributed by atoms with van der Waals surface area (Å²) in [5, 5.41) is 4.96. The number of nitrogens with zero attached hydrogens (tertiary/aromatic N) is 3. The molecule has 2 aromatic rings. The van der Waals surface area contributed by atoms with Crippen molar-refractivity contribution in [3.8, 4) is 5.69 Å². The molecule has 1 aromatic heterocycles. The molecule has 0 spiro atoms. The van der Waals surface area contributed by atoms with Gasteiger partial charge >= 0.3 is 0 Å². The van der Waals surface area contributed by atoms with Crippen LogP contribution in [0.2, 0.25) is 5.02 Å². The van der Waals surface area contributed by atoms with Gasteiger partial charge in [-0.25, -0.2) is 4.68 Å². The number of carbonyl (C=O) groups excluding carboxylic acids is 1. The molecule has 1 saturated heterocycles. The van der Waals surface area contributed by atoms with Crippen molar-refractivity contribution in [2.75, 3.05) is 13.1 Å². The van der Waals surface area contributed by atoms with Crippen LogP contribution >= 0.6 is 11.6 Å². The van der Waals surface area contributed by atoms with Crippen molar-refractivity contribution in [2.45, 2.75) is 26.1 Å². The number of ether oxygens (including phenoxy) is 1. The van der Waals surface area contributed by atoms with Crippen molar-refractivity contribution < 1.29 is 9.53 Å². The normalized spacial score (nSPS) is 21.9. The molecule has 1 aliphatic rings. The highest BCUT2D eigenvalue weighted by atomic mass is 35.5. The van der Waals surface area contributed by atoms with Crippen LogP contribution in [0.15, 0.2) is 36.5 Å². The number of para-hydroxylation sites is 1. The molecule has 116 valence electrons. The molecule has 0 radical (unpaired) electrons. The average molecular weight is 320 g/mol. The first-order valence-corrected chi connectivity index (χ1v) is 7.67. The second-order valence-corrected chi connectivity index (χ2v) is 5.97. The van der Waals surface area contributed by atoms with Gasteiger partial charge in [0.25, 0.3) is 5.91 Å². The first-order chi connectivity index (χ1) is 10.5. The molecule has 0 aliphatic carbocycles. The Labute approximate surface area is 134 Å². The molecular formula is C16H18ClN3O2. The number of amides is 1. The highest BCUT2D eigenvalue weighted by Gasteiger charge is 2.27. The summed E-state index contributed by atoms with van der Waals surface area (Å²) in [4.78, 5) is 14.4. The summed E-state index contributed by atoms with van der Waals surface area (Å²) in [6.45, 7) is 5.11. The molecule has 5 nitrogen and oxygen atoms in total. The Hall–Kier alpha value is -1.85. The summed E-state index contributed by atoms with van der Waals surface area (Å²) in [7, 11) is 0. The Morgan fingerprint density at radius 3 is 2.59 bits per heavy atom. The minimum atomic E-state index is -0.0761. The van der Waals surface area contributed by atoms with Gasteiger partial charge in [-0.3, -0.25) is 4.79 Å². The zero-order valence-electron chi connectivity index (χ0n) is 12.6. The summed E-state index contributed by atoms with van der Waals surface area (Å²) in [6, 6.07) is 9.12. The molecule has 22 heavy (non-hydrogen) atoms. The number of benzene rings is 1. The van der Waals surface area contributed by atoms with E-state index >= 15 is 0 Å². The highest BCUT2D eigenvalue weighted by Crippen LogP contribution is 2.20. The maximum atomic E-state index is 12.6. The Morgan fingerprint density at radius 1 is 1.23 bits per heavy atom. The Balaban J connectivity index is 1.82. The van der Waals surface area contributed by atoms with Gasteiger partial charge < -0.3 is 9.64 Å². The van der Waals surface area contributed by atoms with Gasteiger partial charge in [0.15, 0.2) is 5.69 Å². The van der Waals surface area contributed by atoms with E-state index in [2.05, 4.69) is 5.10 Å². The summed E-state index contributed by atoms with van der Waals surface area (Å²) in [6.07, 6.45) is 1.83. The number of morpholine rings is 1. The van der Waals surface area contributed by atoms with E-state index in [1.54, 1.807) is 27.9 Å². The van der Waals surface area contributed by atoms with E-state index in [0.29, 0.717) is 23.8 Å². The highest BCUT2D eigenvalue weighted by molar-refractivity contribution is 6.32. The largest absolute Gasteiger partial charge is 0.372 e. The van der Waals surface area contributed by atoms with Gasteiger partial charge in [0.1, 0.15) is 0 Å². The van der Waals surface area contributed by atoms with Gasteiger partial charge in [0.2, 0.25) is 0 Å². The molecule has 3 rings (SSSR count). The van der Waals surface area contributed by atoms with Gasteiger partial charge in [0, 0.05) is 19.3 Å². The summed E-state index contributed by atoms with van der Waals surface area (Å²) in [5.74, 6) is -0.0761. The lowest BCUT2D eigenvalue weighted by Crippen LogP contribution is -2.48. The molecule has 2 heterocycles. The number of hydrogen-bond donors (Lipinski definition) is 0. The van der Waals surface area contributed by atoms with Crippen LogP contribution in [0, 0.1) is 0 Å². The maximum absolute atomic E-state index is 12.6. The lowest BCUT2D eigenvalue weighted by molar-refractivity contribution is -0.0587. The van der Waals surface area contributed by atoms with Crippen molar-refractivity contribution in [1.82, 2.24) is 14.7 Å². The van der Waals surface area contributed by atoms with Crippen LogP contribution in [0.25, 0.3) is 5.69 Å². The van der Waals surface area contributed by atoms with E-state index in [-0.39, 0.29) is 18.1 Å². The summed E-state index contributed by atoms with van der Waals surface area (Å²) < 4.78 is 7.28. The van der Waals surface area contributed by atoms with Crippen LogP contribution < -0.4 is 0 Å². The number of carbonyl (C=O) groups is 1. The number of halogens is 1. The van der Waals surface area contributed by atoms with E-state index in [1.165, 1.54) is 0 Å². The van der Waals surface area contributed by atoms with Crippen molar-refractivity contribution in [3.63, 3.8) is 0 Å². The third-order valence-corrected chi connectivity index (χ3v) is 3.93. The lowest BCUT2D eigenvalue weighted by atomic mass is 10.2. The Bertz CT molecular complexity index is 676. The van der Waals surface area contributed by atoms with Gasteiger partial charge in [0.05, 0.1) is 22.9 Å². The molecule has 1 aliphatic heterocycles. The maximum Gasteiger partial charge on any atom is 0.274 e.